The fraction of sp³-hybridized carbons (Fsp3) is 0.600. The van der Waals surface area contributed by atoms with Gasteiger partial charge < -0.3 is 14.0 Å². The first-order valence-electron chi connectivity index (χ1n) is 10.2. The lowest BCUT2D eigenvalue weighted by atomic mass is 9.82. The van der Waals surface area contributed by atoms with E-state index in [0.29, 0.717) is 11.9 Å². The van der Waals surface area contributed by atoms with Crippen LogP contribution in [0.15, 0.2) is 24.3 Å². The van der Waals surface area contributed by atoms with Gasteiger partial charge in [-0.15, -0.1) is 0 Å². The maximum absolute atomic E-state index is 13.3. The highest BCUT2D eigenvalue weighted by atomic mass is 32.2. The minimum atomic E-state index is -6.43. The Bertz CT molecular complexity index is 986. The van der Waals surface area contributed by atoms with Gasteiger partial charge in [-0.2, -0.15) is 26.3 Å². The summed E-state index contributed by atoms with van der Waals surface area (Å²) in [6, 6.07) is 6.86. The number of alkyl halides is 6. The molecule has 0 N–H and O–H groups in total. The SMILES string of the molecule is [B]Cc1ccc(COC(=O)C2CCC(C(=O)OC(CS(=O)(=O)[O-])(C(F)(F)F)C(F)(F)F)CC2)cc1. The minimum absolute atomic E-state index is 0.0744. The van der Waals surface area contributed by atoms with E-state index < -0.39 is 57.6 Å². The van der Waals surface area contributed by atoms with Crippen molar-refractivity contribution >= 4 is 29.9 Å². The zero-order valence-electron chi connectivity index (χ0n) is 18.0. The van der Waals surface area contributed by atoms with Gasteiger partial charge in [0, 0.05) is 0 Å². The Balaban J connectivity index is 2.02. The highest BCUT2D eigenvalue weighted by Gasteiger charge is 2.75. The summed E-state index contributed by atoms with van der Waals surface area (Å²) in [5, 5.41) is 0. The number of hydrogen-bond acceptors (Lipinski definition) is 7. The summed E-state index contributed by atoms with van der Waals surface area (Å²) in [7, 11) is -0.627. The van der Waals surface area contributed by atoms with Crippen LogP contribution < -0.4 is 0 Å². The number of esters is 2. The second-order valence-corrected chi connectivity index (χ2v) is 9.53. The van der Waals surface area contributed by atoms with Crippen LogP contribution in [-0.4, -0.2) is 56.5 Å². The molecule has 0 saturated heterocycles. The van der Waals surface area contributed by atoms with Gasteiger partial charge in [0.15, 0.2) is 0 Å². The van der Waals surface area contributed by atoms with Crippen molar-refractivity contribution < 1.29 is 58.4 Å². The number of benzene rings is 1. The lowest BCUT2D eigenvalue weighted by Crippen LogP contribution is -2.64. The fourth-order valence-electron chi connectivity index (χ4n) is 3.58. The normalized spacial score (nSPS) is 19.7. The van der Waals surface area contributed by atoms with Crippen LogP contribution in [0.4, 0.5) is 26.3 Å². The first kappa shape index (κ1) is 28.9. The van der Waals surface area contributed by atoms with Crippen molar-refractivity contribution in [3.05, 3.63) is 35.4 Å². The topological polar surface area (TPSA) is 110 Å². The Kier molecular flexibility index (Phi) is 8.91. The van der Waals surface area contributed by atoms with Crippen molar-refractivity contribution in [2.75, 3.05) is 5.75 Å². The second-order valence-electron chi connectivity index (χ2n) is 8.12. The van der Waals surface area contributed by atoms with E-state index in [1.807, 2.05) is 0 Å². The lowest BCUT2D eigenvalue weighted by Gasteiger charge is -2.38. The smallest absolute Gasteiger partial charge is 0.438 e. The Labute approximate surface area is 198 Å². The molecule has 15 heteroatoms. The summed E-state index contributed by atoms with van der Waals surface area (Å²) >= 11 is 0. The molecule has 194 valence electrons. The fourth-order valence-corrected chi connectivity index (χ4v) is 4.47. The third-order valence-corrected chi connectivity index (χ3v) is 6.36. The molecule has 2 rings (SSSR count). The number of carbonyl (C=O) groups excluding carboxylic acids is 2. The van der Waals surface area contributed by atoms with Crippen LogP contribution in [0.2, 0.25) is 0 Å². The summed E-state index contributed by atoms with van der Waals surface area (Å²) in [4.78, 5) is 24.5. The number of carbonyl (C=O) groups is 2. The third kappa shape index (κ3) is 7.35. The van der Waals surface area contributed by atoms with Crippen molar-refractivity contribution in [2.45, 2.75) is 56.6 Å². The van der Waals surface area contributed by atoms with Crippen LogP contribution in [-0.2, 0) is 42.1 Å². The highest BCUT2D eigenvalue weighted by molar-refractivity contribution is 7.85. The third-order valence-electron chi connectivity index (χ3n) is 5.60. The molecule has 0 aromatic heterocycles. The van der Waals surface area contributed by atoms with Crippen molar-refractivity contribution in [3.8, 4) is 0 Å². The molecule has 0 aliphatic heterocycles. The van der Waals surface area contributed by atoms with Crippen LogP contribution in [0.25, 0.3) is 0 Å². The highest BCUT2D eigenvalue weighted by Crippen LogP contribution is 2.47. The van der Waals surface area contributed by atoms with Gasteiger partial charge in [0.2, 0.25) is 0 Å². The first-order valence-corrected chi connectivity index (χ1v) is 11.8. The number of ether oxygens (including phenoxy) is 2. The monoisotopic (exact) mass is 529 g/mol. The minimum Gasteiger partial charge on any atom is -0.748 e. The predicted octanol–water partition coefficient (Wildman–Crippen LogP) is 3.16. The predicted molar refractivity (Wildman–Crippen MR) is 107 cm³/mol. The lowest BCUT2D eigenvalue weighted by molar-refractivity contribution is -0.362. The van der Waals surface area contributed by atoms with Gasteiger partial charge in [-0.1, -0.05) is 36.1 Å². The van der Waals surface area contributed by atoms with Crippen LogP contribution in [0.5, 0.6) is 0 Å². The molecule has 0 heterocycles. The van der Waals surface area contributed by atoms with E-state index in [-0.39, 0.29) is 32.3 Å². The molecule has 0 spiro atoms. The Morgan fingerprint density at radius 2 is 1.31 bits per heavy atom. The Morgan fingerprint density at radius 3 is 1.71 bits per heavy atom. The average molecular weight is 529 g/mol. The van der Waals surface area contributed by atoms with Gasteiger partial charge in [0.25, 0.3) is 0 Å². The molecule has 35 heavy (non-hydrogen) atoms. The van der Waals surface area contributed by atoms with E-state index in [0.717, 1.165) is 5.56 Å². The van der Waals surface area contributed by atoms with E-state index in [4.69, 9.17) is 12.6 Å². The molecule has 1 aromatic rings. The van der Waals surface area contributed by atoms with Crippen LogP contribution in [0, 0.1) is 11.8 Å². The van der Waals surface area contributed by atoms with Crippen molar-refractivity contribution in [1.29, 1.82) is 0 Å². The Morgan fingerprint density at radius 1 is 0.886 bits per heavy atom. The number of halogens is 6. The number of hydrogen-bond donors (Lipinski definition) is 0. The molecule has 7 nitrogen and oxygen atoms in total. The van der Waals surface area contributed by atoms with Crippen LogP contribution >= 0.6 is 0 Å². The van der Waals surface area contributed by atoms with Crippen molar-refractivity contribution in [1.82, 2.24) is 0 Å². The van der Waals surface area contributed by atoms with Gasteiger partial charge >= 0.3 is 29.9 Å². The largest absolute Gasteiger partial charge is 0.748 e. The number of rotatable bonds is 8. The van der Waals surface area contributed by atoms with E-state index in [1.54, 1.807) is 24.3 Å². The molecular formula is C20H20BF6O7S-. The van der Waals surface area contributed by atoms with Crippen LogP contribution in [0.3, 0.4) is 0 Å². The quantitative estimate of drug-likeness (QED) is 0.220. The molecule has 1 fully saturated rings. The van der Waals surface area contributed by atoms with Gasteiger partial charge in [-0.3, -0.25) is 9.59 Å². The standard InChI is InChI=1S/C20H21BF6O7S/c21-9-12-1-3-13(4-2-12)10-33-16(28)14-5-7-15(8-6-14)17(29)34-18(19(22,23)24,20(25,26)27)11-35(30,31)32/h1-4,14-15H,5-11H2,(H,30,31,32)/p-1. The van der Waals surface area contributed by atoms with E-state index >= 15 is 0 Å². The van der Waals surface area contributed by atoms with Gasteiger partial charge in [0.05, 0.1) is 35.6 Å². The van der Waals surface area contributed by atoms with E-state index in [1.165, 1.54) is 0 Å². The maximum Gasteiger partial charge on any atom is 0.438 e. The zero-order valence-corrected chi connectivity index (χ0v) is 18.8. The second kappa shape index (κ2) is 10.8. The summed E-state index contributed by atoms with van der Waals surface area (Å²) in [6.07, 6.45) is -13.3. The molecule has 2 radical (unpaired) electrons. The first-order chi connectivity index (χ1) is 16.0. The molecule has 0 bridgehead atoms. The summed E-state index contributed by atoms with van der Waals surface area (Å²) in [5.41, 5.74) is -3.98. The summed E-state index contributed by atoms with van der Waals surface area (Å²) in [5.74, 6) is -7.89. The van der Waals surface area contributed by atoms with Gasteiger partial charge in [-0.25, -0.2) is 8.42 Å². The molecule has 1 aliphatic carbocycles. The van der Waals surface area contributed by atoms with Crippen molar-refractivity contribution in [2.24, 2.45) is 11.8 Å². The van der Waals surface area contributed by atoms with Gasteiger partial charge in [0.1, 0.15) is 6.61 Å². The molecular weight excluding hydrogens is 509 g/mol. The average Bonchev–Trinajstić information content (AvgIpc) is 2.75. The van der Waals surface area contributed by atoms with E-state index in [2.05, 4.69) is 4.74 Å². The zero-order chi connectivity index (χ0) is 26.7. The summed E-state index contributed by atoms with van der Waals surface area (Å²) < 4.78 is 121. The Hall–Kier alpha value is -2.29. The van der Waals surface area contributed by atoms with Gasteiger partial charge in [-0.05, 0) is 31.2 Å². The molecule has 1 aromatic carbocycles. The molecule has 0 amide bonds. The maximum atomic E-state index is 13.3. The van der Waals surface area contributed by atoms with E-state index in [9.17, 15) is 48.9 Å². The molecule has 0 atom stereocenters. The van der Waals surface area contributed by atoms with Crippen LogP contribution in [0.1, 0.15) is 36.8 Å². The summed E-state index contributed by atoms with van der Waals surface area (Å²) in [6.45, 7) is -0.0744. The molecule has 1 aliphatic rings. The molecule has 0 unspecified atom stereocenters. The molecule has 1 saturated carbocycles. The van der Waals surface area contributed by atoms with Crippen molar-refractivity contribution in [3.63, 3.8) is 0 Å².